The molecule has 0 aromatic heterocycles. The van der Waals surface area contributed by atoms with Crippen LogP contribution in [0.4, 0.5) is 4.79 Å². The molecule has 0 radical (unpaired) electrons. The molecule has 2 atom stereocenters. The zero-order valence-corrected chi connectivity index (χ0v) is 12.9. The molecule has 0 aliphatic carbocycles. The molecule has 0 aromatic carbocycles. The molecule has 0 saturated carbocycles. The fourth-order valence-electron chi connectivity index (χ4n) is 2.80. The normalized spacial score (nSPS) is 21.4. The van der Waals surface area contributed by atoms with Gasteiger partial charge >= 0.3 is 12.0 Å². The van der Waals surface area contributed by atoms with Crippen LogP contribution in [0.1, 0.15) is 52.9 Å². The first-order chi connectivity index (χ1) is 9.45. The van der Waals surface area contributed by atoms with Crippen LogP contribution in [0.3, 0.4) is 0 Å². The summed E-state index contributed by atoms with van der Waals surface area (Å²) >= 11 is 0. The second kappa shape index (κ2) is 8.12. The first-order valence-corrected chi connectivity index (χ1v) is 7.74. The highest BCUT2D eigenvalue weighted by Gasteiger charge is 2.27. The van der Waals surface area contributed by atoms with Crippen LogP contribution < -0.4 is 5.32 Å². The molecule has 5 heteroatoms. The minimum absolute atomic E-state index is 0.115. The molecule has 2 amide bonds. The van der Waals surface area contributed by atoms with E-state index in [1.54, 1.807) is 18.7 Å². The number of nitrogens with zero attached hydrogens (tertiary/aromatic N) is 1. The van der Waals surface area contributed by atoms with Gasteiger partial charge < -0.3 is 15.3 Å². The number of hydrogen-bond donors (Lipinski definition) is 2. The Hall–Kier alpha value is -1.26. The van der Waals surface area contributed by atoms with Gasteiger partial charge in [0.25, 0.3) is 0 Å². The predicted molar refractivity (Wildman–Crippen MR) is 78.6 cm³/mol. The van der Waals surface area contributed by atoms with Gasteiger partial charge in [0, 0.05) is 13.1 Å². The molecular weight excluding hydrogens is 256 g/mol. The minimum atomic E-state index is -0.966. The molecule has 5 nitrogen and oxygen atoms in total. The molecule has 1 heterocycles. The van der Waals surface area contributed by atoms with Gasteiger partial charge in [-0.15, -0.1) is 0 Å². The van der Waals surface area contributed by atoms with Gasteiger partial charge in [0.2, 0.25) is 0 Å². The van der Waals surface area contributed by atoms with E-state index >= 15 is 0 Å². The van der Waals surface area contributed by atoms with Crippen molar-refractivity contribution in [2.45, 2.75) is 58.9 Å². The van der Waals surface area contributed by atoms with Gasteiger partial charge in [-0.2, -0.15) is 0 Å². The smallest absolute Gasteiger partial charge is 0.326 e. The van der Waals surface area contributed by atoms with E-state index < -0.39 is 12.0 Å². The van der Waals surface area contributed by atoms with Crippen molar-refractivity contribution < 1.29 is 14.7 Å². The molecule has 1 fully saturated rings. The van der Waals surface area contributed by atoms with E-state index in [-0.39, 0.29) is 11.9 Å². The van der Waals surface area contributed by atoms with Crippen LogP contribution in [-0.2, 0) is 4.79 Å². The summed E-state index contributed by atoms with van der Waals surface area (Å²) in [7, 11) is 0. The highest BCUT2D eigenvalue weighted by molar-refractivity contribution is 5.82. The van der Waals surface area contributed by atoms with Crippen LogP contribution in [-0.4, -0.2) is 41.1 Å². The van der Waals surface area contributed by atoms with Crippen LogP contribution in [0.2, 0.25) is 0 Å². The summed E-state index contributed by atoms with van der Waals surface area (Å²) in [6.45, 7) is 7.27. The van der Waals surface area contributed by atoms with Crippen molar-refractivity contribution in [1.82, 2.24) is 10.2 Å². The second-order valence-electron chi connectivity index (χ2n) is 6.08. The first kappa shape index (κ1) is 16.8. The van der Waals surface area contributed by atoms with Crippen LogP contribution >= 0.6 is 0 Å². The van der Waals surface area contributed by atoms with Gasteiger partial charge in [-0.05, 0) is 31.1 Å². The molecule has 0 spiro atoms. The summed E-state index contributed by atoms with van der Waals surface area (Å²) in [5.74, 6) is -0.374. The Morgan fingerprint density at radius 1 is 1.30 bits per heavy atom. The average molecular weight is 284 g/mol. The van der Waals surface area contributed by atoms with E-state index in [4.69, 9.17) is 5.11 Å². The molecule has 1 saturated heterocycles. The summed E-state index contributed by atoms with van der Waals surface area (Å²) in [4.78, 5) is 25.1. The molecule has 0 aromatic rings. The molecule has 20 heavy (non-hydrogen) atoms. The zero-order valence-electron chi connectivity index (χ0n) is 12.9. The SMILES string of the molecule is CCCC1CCCN(C(=O)NC(C(=O)O)C(C)C)CC1. The summed E-state index contributed by atoms with van der Waals surface area (Å²) in [6, 6.07) is -1.04. The lowest BCUT2D eigenvalue weighted by Gasteiger charge is -2.25. The van der Waals surface area contributed by atoms with Gasteiger partial charge in [0.15, 0.2) is 0 Å². The van der Waals surface area contributed by atoms with Crippen LogP contribution in [0.5, 0.6) is 0 Å². The van der Waals surface area contributed by atoms with E-state index in [9.17, 15) is 9.59 Å². The fraction of sp³-hybridized carbons (Fsp3) is 0.867. The summed E-state index contributed by atoms with van der Waals surface area (Å²) < 4.78 is 0. The fourth-order valence-corrected chi connectivity index (χ4v) is 2.80. The molecule has 1 aliphatic rings. The van der Waals surface area contributed by atoms with Gasteiger partial charge in [-0.1, -0.05) is 33.6 Å². The van der Waals surface area contributed by atoms with Gasteiger partial charge in [-0.3, -0.25) is 0 Å². The van der Waals surface area contributed by atoms with Crippen molar-refractivity contribution in [3.63, 3.8) is 0 Å². The number of amides is 2. The summed E-state index contributed by atoms with van der Waals surface area (Å²) in [6.07, 6.45) is 5.62. The van der Waals surface area contributed by atoms with E-state index in [0.29, 0.717) is 5.92 Å². The van der Waals surface area contributed by atoms with Crippen LogP contribution in [0.15, 0.2) is 0 Å². The maximum absolute atomic E-state index is 12.2. The number of nitrogens with one attached hydrogen (secondary N) is 1. The van der Waals surface area contributed by atoms with Gasteiger partial charge in [-0.25, -0.2) is 9.59 Å². The Morgan fingerprint density at radius 2 is 2.00 bits per heavy atom. The standard InChI is InChI=1S/C15H28N2O3/c1-4-6-12-7-5-9-17(10-8-12)15(20)16-13(11(2)3)14(18)19/h11-13H,4-10H2,1-3H3,(H,16,20)(H,18,19). The largest absolute Gasteiger partial charge is 0.480 e. The Labute approximate surface area is 121 Å². The molecule has 2 N–H and O–H groups in total. The quantitative estimate of drug-likeness (QED) is 0.815. The number of carbonyl (C=O) groups excluding carboxylic acids is 1. The zero-order chi connectivity index (χ0) is 15.1. The lowest BCUT2D eigenvalue weighted by molar-refractivity contribution is -0.140. The Bertz CT molecular complexity index is 331. The first-order valence-electron chi connectivity index (χ1n) is 7.74. The third kappa shape index (κ3) is 5.02. The average Bonchev–Trinajstić information content (AvgIpc) is 2.61. The highest BCUT2D eigenvalue weighted by Crippen LogP contribution is 2.22. The van der Waals surface area contributed by atoms with E-state index in [2.05, 4.69) is 12.2 Å². The lowest BCUT2D eigenvalue weighted by atomic mass is 9.96. The number of carbonyl (C=O) groups is 2. The number of likely N-dealkylation sites (tertiary alicyclic amines) is 1. The molecule has 116 valence electrons. The third-order valence-corrected chi connectivity index (χ3v) is 4.04. The molecule has 2 unspecified atom stereocenters. The van der Waals surface area contributed by atoms with Gasteiger partial charge in [0.05, 0.1) is 0 Å². The molecule has 0 bridgehead atoms. The number of carboxylic acid groups (broad SMARTS) is 1. The summed E-state index contributed by atoms with van der Waals surface area (Å²) in [5.41, 5.74) is 0. The molecule has 1 rings (SSSR count). The van der Waals surface area contributed by atoms with Gasteiger partial charge in [0.1, 0.15) is 6.04 Å². The van der Waals surface area contributed by atoms with Crippen molar-refractivity contribution >= 4 is 12.0 Å². The molecular formula is C15H28N2O3. The topological polar surface area (TPSA) is 69.6 Å². The predicted octanol–water partition coefficient (Wildman–Crippen LogP) is 2.71. The highest BCUT2D eigenvalue weighted by atomic mass is 16.4. The van der Waals surface area contributed by atoms with Crippen LogP contribution in [0.25, 0.3) is 0 Å². The number of carboxylic acids is 1. The van der Waals surface area contributed by atoms with Crippen molar-refractivity contribution in [2.75, 3.05) is 13.1 Å². The van der Waals surface area contributed by atoms with E-state index in [1.807, 2.05) is 0 Å². The maximum Gasteiger partial charge on any atom is 0.326 e. The number of urea groups is 1. The summed E-state index contributed by atoms with van der Waals surface area (Å²) in [5, 5.41) is 11.8. The number of rotatable bonds is 5. The Balaban J connectivity index is 2.52. The van der Waals surface area contributed by atoms with Crippen LogP contribution in [0, 0.1) is 11.8 Å². The molecule has 1 aliphatic heterocycles. The number of hydrogen-bond acceptors (Lipinski definition) is 2. The number of aliphatic carboxylic acids is 1. The van der Waals surface area contributed by atoms with Crippen molar-refractivity contribution in [3.8, 4) is 0 Å². The second-order valence-corrected chi connectivity index (χ2v) is 6.08. The van der Waals surface area contributed by atoms with Crippen molar-refractivity contribution in [3.05, 3.63) is 0 Å². The lowest BCUT2D eigenvalue weighted by Crippen LogP contribution is -2.50. The Kier molecular flexibility index (Phi) is 6.82. The monoisotopic (exact) mass is 284 g/mol. The van der Waals surface area contributed by atoms with Crippen molar-refractivity contribution in [1.29, 1.82) is 0 Å². The van der Waals surface area contributed by atoms with Crippen molar-refractivity contribution in [2.24, 2.45) is 11.8 Å². The van der Waals surface area contributed by atoms with E-state index in [1.165, 1.54) is 19.3 Å². The third-order valence-electron chi connectivity index (χ3n) is 4.04. The minimum Gasteiger partial charge on any atom is -0.480 e. The van der Waals surface area contributed by atoms with E-state index in [0.717, 1.165) is 25.9 Å². The maximum atomic E-state index is 12.2. The Morgan fingerprint density at radius 3 is 2.55 bits per heavy atom.